The number of benzene rings is 3. The summed E-state index contributed by atoms with van der Waals surface area (Å²) < 4.78 is 11.7. The fourth-order valence-electron chi connectivity index (χ4n) is 3.68. The van der Waals surface area contributed by atoms with Crippen molar-refractivity contribution in [2.45, 2.75) is 12.1 Å². The summed E-state index contributed by atoms with van der Waals surface area (Å²) in [6.07, 6.45) is 0. The van der Waals surface area contributed by atoms with Gasteiger partial charge in [-0.2, -0.15) is 0 Å². The molecule has 0 saturated carbocycles. The third-order valence-electron chi connectivity index (χ3n) is 5.73. The van der Waals surface area contributed by atoms with E-state index in [0.29, 0.717) is 51.8 Å². The van der Waals surface area contributed by atoms with Crippen molar-refractivity contribution in [2.75, 3.05) is 33.1 Å². The van der Waals surface area contributed by atoms with Crippen LogP contribution in [0, 0.1) is 6.92 Å². The molecular weight excluding hydrogens is 490 g/mol. The van der Waals surface area contributed by atoms with E-state index in [9.17, 15) is 14.4 Å². The zero-order valence-corrected chi connectivity index (χ0v) is 21.6. The van der Waals surface area contributed by atoms with Crippen LogP contribution in [0.2, 0.25) is 0 Å². The fourth-order valence-corrected chi connectivity index (χ4v) is 4.59. The molecule has 0 spiro atoms. The first kappa shape index (κ1) is 26.1. The van der Waals surface area contributed by atoms with Gasteiger partial charge in [-0.25, -0.2) is 4.98 Å². The largest absolute Gasteiger partial charge is 0.497 e. The number of aromatic nitrogens is 2. The van der Waals surface area contributed by atoms with Gasteiger partial charge in [-0.1, -0.05) is 41.6 Å². The first-order valence-corrected chi connectivity index (χ1v) is 12.6. The number of aryl methyl sites for hydroxylation is 1. The molecule has 1 heterocycles. The first-order chi connectivity index (χ1) is 17.9. The number of ketones is 1. The van der Waals surface area contributed by atoms with Gasteiger partial charge in [-0.3, -0.25) is 19.0 Å². The molecule has 1 N–H and O–H groups in total. The van der Waals surface area contributed by atoms with Crippen LogP contribution in [0.5, 0.6) is 5.75 Å². The van der Waals surface area contributed by atoms with E-state index >= 15 is 0 Å². The minimum Gasteiger partial charge on any atom is -0.497 e. The molecular formula is C28H27N3O5S. The molecule has 4 aromatic rings. The molecule has 4 rings (SSSR count). The SMILES string of the molecule is COCCNC(=O)c1ccc2c(=O)n(-c3ccc(OC)cc3)c(SCC(=O)c3ccc(C)cc3)nc2c1. The van der Waals surface area contributed by atoms with Gasteiger partial charge in [-0.15, -0.1) is 0 Å². The summed E-state index contributed by atoms with van der Waals surface area (Å²) in [5.74, 6) is 0.378. The second-order valence-electron chi connectivity index (χ2n) is 8.29. The fraction of sp³-hybridized carbons (Fsp3) is 0.214. The van der Waals surface area contributed by atoms with E-state index in [1.807, 2.05) is 19.1 Å². The molecule has 0 atom stereocenters. The monoisotopic (exact) mass is 517 g/mol. The molecule has 0 aliphatic heterocycles. The van der Waals surface area contributed by atoms with Gasteiger partial charge in [0.15, 0.2) is 10.9 Å². The standard InChI is InChI=1S/C28H27N3O5S/c1-18-4-6-19(7-5-18)25(32)17-37-28-30-24-16-20(26(33)29-14-15-35-2)8-13-23(24)27(34)31(28)21-9-11-22(36-3)12-10-21/h4-13,16H,14-15,17H2,1-3H3,(H,29,33). The van der Waals surface area contributed by atoms with E-state index < -0.39 is 0 Å². The number of methoxy groups -OCH3 is 2. The Balaban J connectivity index is 1.74. The number of hydrogen-bond acceptors (Lipinski definition) is 7. The quantitative estimate of drug-likeness (QED) is 0.147. The van der Waals surface area contributed by atoms with Crippen molar-refractivity contribution >= 4 is 34.4 Å². The first-order valence-electron chi connectivity index (χ1n) is 11.6. The second-order valence-corrected chi connectivity index (χ2v) is 9.23. The number of thioether (sulfide) groups is 1. The van der Waals surface area contributed by atoms with Crippen molar-refractivity contribution in [3.8, 4) is 11.4 Å². The Labute approximate surface area is 218 Å². The summed E-state index contributed by atoms with van der Waals surface area (Å²) in [6.45, 7) is 2.71. The van der Waals surface area contributed by atoms with Crippen LogP contribution in [0.4, 0.5) is 0 Å². The third-order valence-corrected chi connectivity index (χ3v) is 6.67. The van der Waals surface area contributed by atoms with Crippen molar-refractivity contribution in [3.63, 3.8) is 0 Å². The number of carbonyl (C=O) groups is 2. The Morgan fingerprint density at radius 1 is 0.973 bits per heavy atom. The Kier molecular flexibility index (Phi) is 8.37. The van der Waals surface area contributed by atoms with E-state index in [1.54, 1.807) is 68.8 Å². The number of hydrogen-bond donors (Lipinski definition) is 1. The van der Waals surface area contributed by atoms with Crippen LogP contribution in [0.3, 0.4) is 0 Å². The molecule has 0 radical (unpaired) electrons. The molecule has 0 aliphatic carbocycles. The summed E-state index contributed by atoms with van der Waals surface area (Å²) in [5, 5.41) is 3.47. The van der Waals surface area contributed by atoms with Crippen molar-refractivity contribution < 1.29 is 19.1 Å². The molecule has 1 aromatic heterocycles. The zero-order valence-electron chi connectivity index (χ0n) is 20.8. The Hall–Kier alpha value is -3.95. The lowest BCUT2D eigenvalue weighted by atomic mass is 10.1. The van der Waals surface area contributed by atoms with E-state index in [4.69, 9.17) is 14.5 Å². The van der Waals surface area contributed by atoms with Gasteiger partial charge >= 0.3 is 0 Å². The summed E-state index contributed by atoms with van der Waals surface area (Å²) in [6, 6.07) is 19.2. The number of nitrogens with zero attached hydrogens (tertiary/aromatic N) is 2. The predicted octanol–water partition coefficient (Wildman–Crippen LogP) is 4.05. The van der Waals surface area contributed by atoms with Gasteiger partial charge in [-0.05, 0) is 49.4 Å². The van der Waals surface area contributed by atoms with Crippen LogP contribution in [-0.2, 0) is 4.74 Å². The molecule has 1 amide bonds. The van der Waals surface area contributed by atoms with Crippen molar-refractivity contribution in [1.29, 1.82) is 0 Å². The number of amides is 1. The number of carbonyl (C=O) groups excluding carboxylic acids is 2. The molecule has 0 fully saturated rings. The summed E-state index contributed by atoms with van der Waals surface area (Å²) in [5.41, 5.74) is 2.70. The van der Waals surface area contributed by atoms with Crippen LogP contribution < -0.4 is 15.6 Å². The zero-order chi connectivity index (χ0) is 26.4. The van der Waals surface area contributed by atoms with Gasteiger partial charge in [0, 0.05) is 24.8 Å². The Morgan fingerprint density at radius 2 is 1.68 bits per heavy atom. The van der Waals surface area contributed by atoms with Gasteiger partial charge in [0.05, 0.1) is 36.1 Å². The van der Waals surface area contributed by atoms with Gasteiger partial charge in [0.2, 0.25) is 0 Å². The van der Waals surface area contributed by atoms with Crippen LogP contribution in [0.25, 0.3) is 16.6 Å². The minimum atomic E-state index is -0.299. The van der Waals surface area contributed by atoms with Gasteiger partial charge < -0.3 is 14.8 Å². The summed E-state index contributed by atoms with van der Waals surface area (Å²) in [7, 11) is 3.13. The van der Waals surface area contributed by atoms with Gasteiger partial charge in [0.25, 0.3) is 11.5 Å². The van der Waals surface area contributed by atoms with Crippen molar-refractivity contribution in [1.82, 2.24) is 14.9 Å². The van der Waals surface area contributed by atoms with E-state index in [1.165, 1.54) is 16.3 Å². The lowest BCUT2D eigenvalue weighted by Gasteiger charge is -2.14. The van der Waals surface area contributed by atoms with Crippen LogP contribution >= 0.6 is 11.8 Å². The number of nitrogens with one attached hydrogen (secondary N) is 1. The highest BCUT2D eigenvalue weighted by Gasteiger charge is 2.17. The number of ether oxygens (including phenoxy) is 2. The van der Waals surface area contributed by atoms with E-state index in [0.717, 1.165) is 5.56 Å². The average Bonchev–Trinajstić information content (AvgIpc) is 2.92. The van der Waals surface area contributed by atoms with Gasteiger partial charge in [0.1, 0.15) is 5.75 Å². The third kappa shape index (κ3) is 6.07. The molecule has 9 heteroatoms. The molecule has 3 aromatic carbocycles. The van der Waals surface area contributed by atoms with Crippen LogP contribution in [-0.4, -0.2) is 54.4 Å². The second kappa shape index (κ2) is 11.9. The minimum absolute atomic E-state index is 0.0769. The van der Waals surface area contributed by atoms with Crippen molar-refractivity contribution in [2.24, 2.45) is 0 Å². The topological polar surface area (TPSA) is 99.5 Å². The summed E-state index contributed by atoms with van der Waals surface area (Å²) >= 11 is 1.17. The molecule has 0 aliphatic rings. The highest BCUT2D eigenvalue weighted by molar-refractivity contribution is 7.99. The highest BCUT2D eigenvalue weighted by atomic mass is 32.2. The molecule has 0 bridgehead atoms. The molecule has 0 unspecified atom stereocenters. The maximum absolute atomic E-state index is 13.6. The lowest BCUT2D eigenvalue weighted by Crippen LogP contribution is -2.27. The number of Topliss-reactive ketones (excluding diaryl/α,β-unsaturated/α-hetero) is 1. The molecule has 190 valence electrons. The smallest absolute Gasteiger partial charge is 0.266 e. The van der Waals surface area contributed by atoms with Crippen LogP contribution in [0.15, 0.2) is 76.7 Å². The summed E-state index contributed by atoms with van der Waals surface area (Å²) in [4.78, 5) is 43.7. The number of rotatable bonds is 10. The van der Waals surface area contributed by atoms with Crippen molar-refractivity contribution in [3.05, 3.63) is 93.8 Å². The molecule has 0 saturated heterocycles. The number of fused-ring (bicyclic) bond motifs is 1. The van der Waals surface area contributed by atoms with E-state index in [-0.39, 0.29) is 23.0 Å². The maximum atomic E-state index is 13.6. The van der Waals surface area contributed by atoms with E-state index in [2.05, 4.69) is 5.32 Å². The Bertz CT molecular complexity index is 1480. The maximum Gasteiger partial charge on any atom is 0.266 e. The van der Waals surface area contributed by atoms with Crippen LogP contribution in [0.1, 0.15) is 26.3 Å². The average molecular weight is 518 g/mol. The lowest BCUT2D eigenvalue weighted by molar-refractivity contribution is 0.0936. The Morgan fingerprint density at radius 3 is 2.35 bits per heavy atom. The predicted molar refractivity (Wildman–Crippen MR) is 144 cm³/mol. The molecule has 8 nitrogen and oxygen atoms in total. The highest BCUT2D eigenvalue weighted by Crippen LogP contribution is 2.24. The molecule has 37 heavy (non-hydrogen) atoms. The normalized spacial score (nSPS) is 10.9.